The number of aromatic nitrogens is 8. The van der Waals surface area contributed by atoms with Crippen LogP contribution < -0.4 is 36.3 Å². The zero-order chi connectivity index (χ0) is 67.8. The van der Waals surface area contributed by atoms with Crippen molar-refractivity contribution in [3.63, 3.8) is 0 Å². The number of halogens is 3. The SMILES string of the molecule is C=CC(=O)N1CC(C)N(c2nc(=O)n(-c3c(C)ccnc3C(C)C)c3nc(-c4ccccc4N(C)C(C)=O)c(Cl)cc23)CC1C.C=CC(=O)N1CC(C)N(c2nc(=O)n(-c3c(N(C)C)ccnc3C(C)C)c3nc(-c4c(F)cccc4NC(=O)CC)c(Cl)cc23)CC1C. The van der Waals surface area contributed by atoms with Crippen molar-refractivity contribution in [2.24, 2.45) is 0 Å². The Bertz CT molecular complexity index is 4390. The lowest BCUT2D eigenvalue weighted by molar-refractivity contribution is -0.129. The topological polar surface area (TPSA) is 221 Å². The van der Waals surface area contributed by atoms with Crippen LogP contribution in [0.5, 0.6) is 0 Å². The number of anilines is 5. The summed E-state index contributed by atoms with van der Waals surface area (Å²) in [7, 11) is 5.42. The highest BCUT2D eigenvalue weighted by Crippen LogP contribution is 2.42. The van der Waals surface area contributed by atoms with Gasteiger partial charge >= 0.3 is 11.4 Å². The summed E-state index contributed by atoms with van der Waals surface area (Å²) in [6.07, 6.45) is 6.22. The summed E-state index contributed by atoms with van der Waals surface area (Å²) in [5.74, 6) is -0.725. The van der Waals surface area contributed by atoms with Crippen LogP contribution >= 0.6 is 23.2 Å². The summed E-state index contributed by atoms with van der Waals surface area (Å²) in [6, 6.07) is 18.0. The summed E-state index contributed by atoms with van der Waals surface area (Å²) in [6.45, 7) is 29.9. The van der Waals surface area contributed by atoms with E-state index in [0.29, 0.717) is 99.0 Å². The molecule has 2 aliphatic heterocycles. The third-order valence-electron chi connectivity index (χ3n) is 17.0. The second-order valence-electron chi connectivity index (χ2n) is 24.4. The summed E-state index contributed by atoms with van der Waals surface area (Å²) < 4.78 is 18.7. The molecule has 0 saturated carbocycles. The Labute approximate surface area is 550 Å². The van der Waals surface area contributed by atoms with Gasteiger partial charge in [0.25, 0.3) is 0 Å². The van der Waals surface area contributed by atoms with Gasteiger partial charge in [-0.15, -0.1) is 0 Å². The monoisotopic (exact) mass is 1300 g/mol. The molecule has 0 radical (unpaired) electrons. The molecular weight excluding hydrogens is 1220 g/mol. The molecule has 2 fully saturated rings. The Morgan fingerprint density at radius 2 is 1.16 bits per heavy atom. The largest absolute Gasteiger partial charge is 0.376 e. The van der Waals surface area contributed by atoms with Crippen LogP contribution in [0.15, 0.2) is 114 Å². The van der Waals surface area contributed by atoms with E-state index in [9.17, 15) is 28.8 Å². The van der Waals surface area contributed by atoms with Gasteiger partial charge in [0.1, 0.15) is 17.5 Å². The summed E-state index contributed by atoms with van der Waals surface area (Å²) in [5, 5.41) is 4.22. The number of pyridine rings is 4. The van der Waals surface area contributed by atoms with Gasteiger partial charge in [-0.2, -0.15) is 9.97 Å². The number of carbonyl (C=O) groups is 4. The molecule has 2 aromatic carbocycles. The van der Waals surface area contributed by atoms with E-state index in [0.717, 1.165) is 11.3 Å². The van der Waals surface area contributed by atoms with E-state index < -0.39 is 17.2 Å². The molecule has 93 heavy (non-hydrogen) atoms. The normalized spacial score (nSPS) is 16.5. The highest BCUT2D eigenvalue weighted by atomic mass is 35.5. The zero-order valence-electron chi connectivity index (χ0n) is 54.9. The van der Waals surface area contributed by atoms with E-state index in [-0.39, 0.29) is 93.7 Å². The van der Waals surface area contributed by atoms with Gasteiger partial charge in [0.2, 0.25) is 23.6 Å². The molecule has 0 aliphatic carbocycles. The van der Waals surface area contributed by atoms with E-state index in [1.54, 1.807) is 60.4 Å². The molecule has 6 aromatic heterocycles. The molecule has 2 saturated heterocycles. The molecule has 8 aromatic rings. The quantitative estimate of drug-likeness (QED) is 0.100. The number of aryl methyl sites for hydroxylation is 1. The first-order valence-corrected chi connectivity index (χ1v) is 31.6. The number of hydrogen-bond donors (Lipinski definition) is 1. The maximum Gasteiger partial charge on any atom is 0.355 e. The Morgan fingerprint density at radius 3 is 1.67 bits per heavy atom. The van der Waals surface area contributed by atoms with E-state index >= 15 is 4.39 Å². The maximum absolute atomic E-state index is 15.7. The number of nitrogens with one attached hydrogen (secondary N) is 1. The molecule has 486 valence electrons. The molecule has 4 amide bonds. The van der Waals surface area contributed by atoms with E-state index in [1.165, 1.54) is 45.2 Å². The number of piperazine rings is 2. The first-order valence-electron chi connectivity index (χ1n) is 30.8. The fraction of sp³-hybridized carbons (Fsp3) is 0.362. The second-order valence-corrected chi connectivity index (χ2v) is 25.2. The minimum Gasteiger partial charge on any atom is -0.376 e. The standard InChI is InChI=1S/C35H40ClFN8O3.C34H38ClN7O3/c1-9-27(46)39-25-13-11-12-24(37)29(25)31-23(36)16-22-33(44-18-20(5)43(17-21(44)6)28(47)10-2)41-35(48)45(34(22)40-31)32-26(42(7)8)14-15-38-30(32)19(3)4;1-9-28(44)40-17-22(6)41(18-21(40)5)32-25-16-26(35)30(24-12-10-11-13-27(24)39(8)23(7)43)37-33(25)42(34(45)38-32)31-20(4)14-15-36-29(31)19(2)3/h10-16,19-21H,2,9,17-18H2,1,3-8H3,(H,39,46);9-16,19,21-22H,1,17-18H2,2-8H3. The predicted molar refractivity (Wildman–Crippen MR) is 368 cm³/mol. The van der Waals surface area contributed by atoms with Crippen LogP contribution in [-0.4, -0.2) is 144 Å². The van der Waals surface area contributed by atoms with Crippen LogP contribution in [0.2, 0.25) is 10.0 Å². The van der Waals surface area contributed by atoms with Crippen LogP contribution in [-0.2, 0) is 19.2 Å². The highest BCUT2D eigenvalue weighted by molar-refractivity contribution is 6.34. The number of benzene rings is 2. The third kappa shape index (κ3) is 13.2. The molecule has 1 N–H and O–H groups in total. The van der Waals surface area contributed by atoms with Crippen molar-refractivity contribution in [2.75, 3.05) is 72.2 Å². The molecule has 10 rings (SSSR count). The Kier molecular flexibility index (Phi) is 20.3. The lowest BCUT2D eigenvalue weighted by Crippen LogP contribution is -2.58. The van der Waals surface area contributed by atoms with E-state index in [2.05, 4.69) is 38.4 Å². The van der Waals surface area contributed by atoms with Crippen LogP contribution in [0.1, 0.15) is 104 Å². The molecule has 21 nitrogen and oxygen atoms in total. The Balaban J connectivity index is 0.000000220. The molecular formula is C69H78Cl2FN15O6. The van der Waals surface area contributed by atoms with Crippen molar-refractivity contribution in [1.29, 1.82) is 0 Å². The number of hydrogen-bond acceptors (Lipinski definition) is 15. The Morgan fingerprint density at radius 1 is 0.667 bits per heavy atom. The van der Waals surface area contributed by atoms with Crippen molar-refractivity contribution in [3.05, 3.63) is 158 Å². The van der Waals surface area contributed by atoms with Gasteiger partial charge in [0, 0.05) is 103 Å². The highest BCUT2D eigenvalue weighted by Gasteiger charge is 2.37. The smallest absolute Gasteiger partial charge is 0.355 e. The number of rotatable bonds is 14. The summed E-state index contributed by atoms with van der Waals surface area (Å²) >= 11 is 14.0. The van der Waals surface area contributed by atoms with Crippen molar-refractivity contribution in [1.82, 2.24) is 48.8 Å². The second kappa shape index (κ2) is 27.8. The lowest BCUT2D eigenvalue weighted by Gasteiger charge is -2.44. The molecule has 8 heterocycles. The average molecular weight is 1300 g/mol. The van der Waals surface area contributed by atoms with Crippen molar-refractivity contribution in [3.8, 4) is 33.9 Å². The van der Waals surface area contributed by atoms with Crippen molar-refractivity contribution < 1.29 is 23.6 Å². The maximum atomic E-state index is 15.7. The first-order chi connectivity index (χ1) is 44.1. The molecule has 4 atom stereocenters. The van der Waals surface area contributed by atoms with Gasteiger partial charge in [-0.3, -0.25) is 29.1 Å². The van der Waals surface area contributed by atoms with Crippen LogP contribution in [0.4, 0.5) is 33.1 Å². The van der Waals surface area contributed by atoms with Crippen LogP contribution in [0.3, 0.4) is 0 Å². The average Bonchev–Trinajstić information content (AvgIpc) is 0.742. The predicted octanol–water partition coefficient (Wildman–Crippen LogP) is 11.3. The zero-order valence-corrected chi connectivity index (χ0v) is 56.4. The fourth-order valence-corrected chi connectivity index (χ4v) is 12.6. The number of amides is 4. The minimum absolute atomic E-state index is 0.00888. The number of nitrogens with zero attached hydrogens (tertiary/aromatic N) is 14. The third-order valence-corrected chi connectivity index (χ3v) is 17.6. The van der Waals surface area contributed by atoms with Crippen LogP contribution in [0.25, 0.3) is 56.0 Å². The molecule has 24 heteroatoms. The molecule has 0 bridgehead atoms. The van der Waals surface area contributed by atoms with Gasteiger partial charge in [-0.1, -0.05) is 95.2 Å². The molecule has 0 spiro atoms. The van der Waals surface area contributed by atoms with Gasteiger partial charge in [0.05, 0.1) is 77.6 Å². The molecule has 2 aliphatic rings. The van der Waals surface area contributed by atoms with Gasteiger partial charge in [-0.05, 0) is 107 Å². The van der Waals surface area contributed by atoms with Gasteiger partial charge in [0.15, 0.2) is 11.3 Å². The van der Waals surface area contributed by atoms with Gasteiger partial charge in [-0.25, -0.2) is 33.1 Å². The summed E-state index contributed by atoms with van der Waals surface area (Å²) in [5.41, 5.74) is 5.40. The van der Waals surface area contributed by atoms with Crippen molar-refractivity contribution >= 4 is 97.6 Å². The van der Waals surface area contributed by atoms with Gasteiger partial charge < -0.3 is 34.7 Å². The van der Waals surface area contributed by atoms with Crippen molar-refractivity contribution in [2.45, 2.75) is 119 Å². The minimum atomic E-state index is -0.649. The summed E-state index contributed by atoms with van der Waals surface area (Å²) in [4.78, 5) is 118. The van der Waals surface area contributed by atoms with E-state index in [4.69, 9.17) is 33.2 Å². The number of para-hydroxylation sites is 1. The lowest BCUT2D eigenvalue weighted by atomic mass is 10.0. The van der Waals surface area contributed by atoms with Crippen LogP contribution in [0, 0.1) is 12.7 Å². The fourth-order valence-electron chi connectivity index (χ4n) is 12.1. The first kappa shape index (κ1) is 68.0. The molecule has 4 unspecified atom stereocenters. The number of carbonyl (C=O) groups excluding carboxylic acids is 4. The van der Waals surface area contributed by atoms with E-state index in [1.807, 2.05) is 121 Å². The Hall–Kier alpha value is -9.41. The number of fused-ring (bicyclic) bond motifs is 2.